The molecule has 0 saturated heterocycles. The molecule has 0 fully saturated rings. The lowest BCUT2D eigenvalue weighted by Gasteiger charge is -2.41. The van der Waals surface area contributed by atoms with Crippen molar-refractivity contribution < 1.29 is 42.8 Å². The minimum Gasteiger partial charge on any atom is -0.496 e. The molecule has 0 bridgehead atoms. The minimum absolute atomic E-state index is 0.221. The van der Waals surface area contributed by atoms with Crippen LogP contribution in [0.25, 0.3) is 0 Å². The van der Waals surface area contributed by atoms with Crippen LogP contribution in [-0.4, -0.2) is 49.9 Å². The molecule has 6 aromatic rings. The molecule has 2 aliphatic heterocycles. The summed E-state index contributed by atoms with van der Waals surface area (Å²) in [4.78, 5) is 40.7. The van der Waals surface area contributed by atoms with Crippen LogP contribution >= 0.6 is 0 Å². The van der Waals surface area contributed by atoms with Crippen molar-refractivity contribution in [1.82, 2.24) is 5.01 Å². The quantitative estimate of drug-likeness (QED) is 0.0773. The molecule has 1 spiro atoms. The number of para-hydroxylation sites is 2. The van der Waals surface area contributed by atoms with Crippen LogP contribution in [0.2, 0.25) is 0 Å². The van der Waals surface area contributed by atoms with E-state index in [1.165, 1.54) is 19.2 Å². The number of carbonyl (C=O) groups excluding carboxylic acids is 3. The zero-order valence-electron chi connectivity index (χ0n) is 30.6. The van der Waals surface area contributed by atoms with Gasteiger partial charge in [-0.05, 0) is 91.3 Å². The molecular formula is C45H34N2O9. The molecule has 0 aliphatic carbocycles. The third-order valence-corrected chi connectivity index (χ3v) is 9.55. The topological polar surface area (TPSA) is 122 Å². The maximum Gasteiger partial charge on any atom is 0.347 e. The fourth-order valence-corrected chi connectivity index (χ4v) is 7.08. The summed E-state index contributed by atoms with van der Waals surface area (Å²) < 4.78 is 34.5. The van der Waals surface area contributed by atoms with Crippen LogP contribution in [0.15, 0.2) is 139 Å². The fourth-order valence-electron chi connectivity index (χ4n) is 7.08. The first-order valence-electron chi connectivity index (χ1n) is 17.7. The average molecular weight is 747 g/mol. The SMILES string of the molecule is CCOc1ccc2c(c1)Oc1cc(OC(=O)c3ccccc3OC)ccc1C21c2ccccc2C(=O)N1/N=C/c1ccc(OC(=O)c2ccccc2OC)cc1. The number of ether oxygens (including phenoxy) is 6. The van der Waals surface area contributed by atoms with E-state index in [1.54, 1.807) is 109 Å². The van der Waals surface area contributed by atoms with Crippen molar-refractivity contribution in [1.29, 1.82) is 0 Å². The summed E-state index contributed by atoms with van der Waals surface area (Å²) in [6.07, 6.45) is 1.57. The summed E-state index contributed by atoms with van der Waals surface area (Å²) >= 11 is 0. The van der Waals surface area contributed by atoms with E-state index in [-0.39, 0.29) is 17.2 Å². The van der Waals surface area contributed by atoms with Crippen LogP contribution in [-0.2, 0) is 5.54 Å². The van der Waals surface area contributed by atoms with Crippen molar-refractivity contribution >= 4 is 24.1 Å². The molecular weight excluding hydrogens is 713 g/mol. The first-order chi connectivity index (χ1) is 27.3. The van der Waals surface area contributed by atoms with E-state index in [4.69, 9.17) is 33.5 Å². The fraction of sp³-hybridized carbons (Fsp3) is 0.111. The van der Waals surface area contributed by atoms with Gasteiger partial charge in [-0.1, -0.05) is 42.5 Å². The monoisotopic (exact) mass is 746 g/mol. The van der Waals surface area contributed by atoms with Gasteiger partial charge < -0.3 is 28.4 Å². The minimum atomic E-state index is -1.30. The lowest BCUT2D eigenvalue weighted by Crippen LogP contribution is -2.44. The van der Waals surface area contributed by atoms with Gasteiger partial charge in [-0.3, -0.25) is 4.79 Å². The number of hydrogen-bond donors (Lipinski definition) is 0. The second-order valence-corrected chi connectivity index (χ2v) is 12.7. The molecule has 0 radical (unpaired) electrons. The van der Waals surface area contributed by atoms with E-state index in [0.29, 0.717) is 74.5 Å². The number of hydrazone groups is 1. The molecule has 11 nitrogen and oxygen atoms in total. The lowest BCUT2D eigenvalue weighted by molar-refractivity contribution is 0.0673. The second kappa shape index (κ2) is 14.8. The maximum atomic E-state index is 14.5. The van der Waals surface area contributed by atoms with E-state index in [2.05, 4.69) is 0 Å². The number of amides is 1. The molecule has 2 heterocycles. The van der Waals surface area contributed by atoms with Gasteiger partial charge in [0.1, 0.15) is 56.9 Å². The van der Waals surface area contributed by atoms with Crippen molar-refractivity contribution in [3.05, 3.63) is 172 Å². The highest BCUT2D eigenvalue weighted by atomic mass is 16.5. The molecule has 2 aliphatic rings. The molecule has 1 atom stereocenters. The van der Waals surface area contributed by atoms with E-state index in [9.17, 15) is 14.4 Å². The molecule has 0 saturated carbocycles. The van der Waals surface area contributed by atoms with Gasteiger partial charge in [0.25, 0.3) is 5.91 Å². The number of benzene rings is 6. The molecule has 0 N–H and O–H groups in total. The Kier molecular flexibility index (Phi) is 9.41. The van der Waals surface area contributed by atoms with Gasteiger partial charge in [-0.15, -0.1) is 0 Å². The molecule has 0 aromatic heterocycles. The highest BCUT2D eigenvalue weighted by Crippen LogP contribution is 2.58. The third-order valence-electron chi connectivity index (χ3n) is 9.55. The number of hydrogen-bond acceptors (Lipinski definition) is 10. The van der Waals surface area contributed by atoms with Crippen LogP contribution in [0.5, 0.6) is 40.2 Å². The first-order valence-corrected chi connectivity index (χ1v) is 17.7. The number of nitrogens with zero attached hydrogens (tertiary/aromatic N) is 2. The van der Waals surface area contributed by atoms with Crippen LogP contribution in [0, 0.1) is 0 Å². The molecule has 11 heteroatoms. The van der Waals surface area contributed by atoms with Crippen LogP contribution < -0.4 is 28.4 Å². The zero-order valence-corrected chi connectivity index (χ0v) is 30.6. The summed E-state index contributed by atoms with van der Waals surface area (Å²) in [6.45, 7) is 2.32. The Morgan fingerprint density at radius 1 is 0.661 bits per heavy atom. The number of carbonyl (C=O) groups is 3. The zero-order chi connectivity index (χ0) is 38.8. The Labute approximate surface area is 322 Å². The molecule has 56 heavy (non-hydrogen) atoms. The van der Waals surface area contributed by atoms with Gasteiger partial charge in [0.05, 0.1) is 27.0 Å². The summed E-state index contributed by atoms with van der Waals surface area (Å²) in [6, 6.07) is 38.3. The Morgan fingerprint density at radius 2 is 1.20 bits per heavy atom. The van der Waals surface area contributed by atoms with Crippen molar-refractivity contribution in [2.75, 3.05) is 20.8 Å². The smallest absolute Gasteiger partial charge is 0.347 e. The molecule has 6 aromatic carbocycles. The van der Waals surface area contributed by atoms with E-state index < -0.39 is 17.5 Å². The predicted molar refractivity (Wildman–Crippen MR) is 207 cm³/mol. The van der Waals surface area contributed by atoms with Crippen LogP contribution in [0.3, 0.4) is 0 Å². The van der Waals surface area contributed by atoms with Gasteiger partial charge in [0.15, 0.2) is 0 Å². The molecule has 1 unspecified atom stereocenters. The number of methoxy groups -OCH3 is 2. The van der Waals surface area contributed by atoms with Crippen molar-refractivity contribution in [2.24, 2.45) is 5.10 Å². The normalized spacial score (nSPS) is 15.1. The number of rotatable bonds is 10. The Balaban J connectivity index is 1.19. The predicted octanol–water partition coefficient (Wildman–Crippen LogP) is 8.43. The summed E-state index contributed by atoms with van der Waals surface area (Å²) in [5, 5.41) is 6.31. The maximum absolute atomic E-state index is 14.5. The van der Waals surface area contributed by atoms with Crippen LogP contribution in [0.4, 0.5) is 0 Å². The number of esters is 2. The number of fused-ring (bicyclic) bond motifs is 6. The Morgan fingerprint density at radius 3 is 1.82 bits per heavy atom. The van der Waals surface area contributed by atoms with Gasteiger partial charge in [0.2, 0.25) is 0 Å². The third kappa shape index (κ3) is 6.14. The van der Waals surface area contributed by atoms with Gasteiger partial charge in [0, 0.05) is 34.4 Å². The van der Waals surface area contributed by atoms with Crippen LogP contribution in [0.1, 0.15) is 60.3 Å². The molecule has 1 amide bonds. The van der Waals surface area contributed by atoms with Gasteiger partial charge >= 0.3 is 11.9 Å². The van der Waals surface area contributed by atoms with Gasteiger partial charge in [-0.25, -0.2) is 14.6 Å². The highest BCUT2D eigenvalue weighted by molar-refractivity contribution is 6.03. The average Bonchev–Trinajstić information content (AvgIpc) is 3.47. The summed E-state index contributed by atoms with van der Waals surface area (Å²) in [5.41, 5.74) is 2.30. The lowest BCUT2D eigenvalue weighted by atomic mass is 9.75. The molecule has 278 valence electrons. The Hall–Kier alpha value is -7.40. The summed E-state index contributed by atoms with van der Waals surface area (Å²) in [5.74, 6) is 1.17. The van der Waals surface area contributed by atoms with Crippen molar-refractivity contribution in [2.45, 2.75) is 12.5 Å². The van der Waals surface area contributed by atoms with E-state index >= 15 is 0 Å². The Bertz CT molecular complexity index is 2530. The molecule has 8 rings (SSSR count). The summed E-state index contributed by atoms with van der Waals surface area (Å²) in [7, 11) is 2.97. The highest BCUT2D eigenvalue weighted by Gasteiger charge is 2.57. The van der Waals surface area contributed by atoms with Gasteiger partial charge in [-0.2, -0.15) is 5.10 Å². The second-order valence-electron chi connectivity index (χ2n) is 12.7. The van der Waals surface area contributed by atoms with Crippen molar-refractivity contribution in [3.8, 4) is 40.2 Å². The van der Waals surface area contributed by atoms with E-state index in [0.717, 1.165) is 0 Å². The standard InChI is InChI=1S/C45H34N2O9/c1-4-53-30-21-23-36-40(25-30)56-41-26-31(55-44(50)34-13-7-10-16-39(34)52-3)22-24-37(41)45(36)35-14-8-5-11-32(35)42(48)47(45)46-27-28-17-19-29(20-18-28)54-43(49)33-12-6-9-15-38(33)51-2/h5-27H,4H2,1-3H3/b46-27+. The largest absolute Gasteiger partial charge is 0.496 e. The first kappa shape index (κ1) is 35.6. The van der Waals surface area contributed by atoms with Crippen molar-refractivity contribution in [3.63, 3.8) is 0 Å². The van der Waals surface area contributed by atoms with E-state index in [1.807, 2.05) is 37.3 Å².